The summed E-state index contributed by atoms with van der Waals surface area (Å²) in [6.45, 7) is 0.635. The minimum Gasteiger partial charge on any atom is -0.467 e. The lowest BCUT2D eigenvalue weighted by Gasteiger charge is -2.05. The third-order valence-electron chi connectivity index (χ3n) is 4.03. The van der Waals surface area contributed by atoms with Crippen LogP contribution in [0.2, 0.25) is 0 Å². The summed E-state index contributed by atoms with van der Waals surface area (Å²) in [6, 6.07) is 14.4. The summed E-state index contributed by atoms with van der Waals surface area (Å²) in [5.74, 6) is 2.91. The Kier molecular flexibility index (Phi) is 3.00. The van der Waals surface area contributed by atoms with Crippen molar-refractivity contribution in [3.05, 3.63) is 70.6 Å². The van der Waals surface area contributed by atoms with Gasteiger partial charge in [-0.05, 0) is 42.3 Å². The first-order valence-electron chi connectivity index (χ1n) is 7.05. The highest BCUT2D eigenvalue weighted by Crippen LogP contribution is 2.53. The number of hydrogen-bond donors (Lipinski definition) is 1. The van der Waals surface area contributed by atoms with Gasteiger partial charge >= 0.3 is 0 Å². The zero-order valence-electron chi connectivity index (χ0n) is 11.4. The van der Waals surface area contributed by atoms with Crippen LogP contribution in [-0.2, 0) is 6.54 Å². The smallest absolute Gasteiger partial charge is 0.195 e. The van der Waals surface area contributed by atoms with Crippen LogP contribution in [0.15, 0.2) is 53.1 Å². The van der Waals surface area contributed by atoms with Crippen molar-refractivity contribution in [1.29, 1.82) is 0 Å². The monoisotopic (exact) mass is 297 g/mol. The van der Waals surface area contributed by atoms with Crippen LogP contribution in [-0.4, -0.2) is 14.8 Å². The topological polar surface area (TPSA) is 46.8 Å². The molecule has 106 valence electrons. The molecule has 0 aliphatic heterocycles. The van der Waals surface area contributed by atoms with Crippen molar-refractivity contribution in [2.75, 3.05) is 0 Å². The molecular formula is C16H15N3OS. The van der Waals surface area contributed by atoms with Crippen LogP contribution < -0.4 is 0 Å². The molecule has 0 saturated heterocycles. The van der Waals surface area contributed by atoms with Gasteiger partial charge in [0.2, 0.25) is 0 Å². The molecule has 2 atom stereocenters. The minimum atomic E-state index is 0.440. The van der Waals surface area contributed by atoms with Crippen LogP contribution >= 0.6 is 12.2 Å². The van der Waals surface area contributed by atoms with Crippen molar-refractivity contribution in [3.63, 3.8) is 0 Å². The molecule has 0 radical (unpaired) electrons. The Labute approximate surface area is 127 Å². The first-order valence-corrected chi connectivity index (χ1v) is 7.46. The van der Waals surface area contributed by atoms with Gasteiger partial charge in [-0.25, -0.2) is 0 Å². The Morgan fingerprint density at radius 2 is 2.05 bits per heavy atom. The molecule has 1 aliphatic carbocycles. The molecule has 0 amide bonds. The number of benzene rings is 1. The quantitative estimate of drug-likeness (QED) is 0.744. The van der Waals surface area contributed by atoms with Crippen LogP contribution in [0.4, 0.5) is 0 Å². The predicted octanol–water partition coefficient (Wildman–Crippen LogP) is 3.85. The summed E-state index contributed by atoms with van der Waals surface area (Å²) in [7, 11) is 0. The summed E-state index contributed by atoms with van der Waals surface area (Å²) in [5.41, 5.74) is 1.38. The van der Waals surface area contributed by atoms with E-state index in [0.29, 0.717) is 23.2 Å². The average Bonchev–Trinajstić information content (AvgIpc) is 2.97. The summed E-state index contributed by atoms with van der Waals surface area (Å²) in [5, 5.41) is 7.36. The maximum atomic E-state index is 5.42. The number of aromatic nitrogens is 3. The lowest BCUT2D eigenvalue weighted by molar-refractivity contribution is 0.487. The summed E-state index contributed by atoms with van der Waals surface area (Å²) < 4.78 is 8.12. The van der Waals surface area contributed by atoms with Crippen LogP contribution in [0.1, 0.15) is 35.4 Å². The highest BCUT2D eigenvalue weighted by molar-refractivity contribution is 7.71. The fourth-order valence-electron chi connectivity index (χ4n) is 2.87. The van der Waals surface area contributed by atoms with Crippen LogP contribution in [0.5, 0.6) is 0 Å². The molecule has 0 spiro atoms. The van der Waals surface area contributed by atoms with E-state index in [4.69, 9.17) is 16.6 Å². The fraction of sp³-hybridized carbons (Fsp3) is 0.250. The van der Waals surface area contributed by atoms with E-state index in [2.05, 4.69) is 34.5 Å². The first kappa shape index (κ1) is 12.6. The Balaban J connectivity index is 1.61. The summed E-state index contributed by atoms with van der Waals surface area (Å²) >= 11 is 5.35. The van der Waals surface area contributed by atoms with Gasteiger partial charge in [0, 0.05) is 5.92 Å². The normalized spacial score (nSPS) is 20.6. The van der Waals surface area contributed by atoms with E-state index < -0.39 is 0 Å². The summed E-state index contributed by atoms with van der Waals surface area (Å²) in [4.78, 5) is 0. The molecule has 4 rings (SSSR count). The molecule has 1 fully saturated rings. The number of furan rings is 1. The molecule has 21 heavy (non-hydrogen) atoms. The van der Waals surface area contributed by atoms with E-state index in [1.165, 1.54) is 5.56 Å². The second-order valence-corrected chi connectivity index (χ2v) is 5.80. The number of rotatable bonds is 4. The van der Waals surface area contributed by atoms with E-state index in [1.807, 2.05) is 22.8 Å². The molecular weight excluding hydrogens is 282 g/mol. The van der Waals surface area contributed by atoms with Crippen LogP contribution in [0.3, 0.4) is 0 Å². The zero-order chi connectivity index (χ0) is 14.2. The lowest BCUT2D eigenvalue weighted by Crippen LogP contribution is -2.04. The van der Waals surface area contributed by atoms with Gasteiger partial charge in [0.15, 0.2) is 4.77 Å². The second-order valence-electron chi connectivity index (χ2n) is 5.41. The number of aromatic amines is 1. The van der Waals surface area contributed by atoms with Crippen LogP contribution in [0, 0.1) is 4.77 Å². The SMILES string of the molecule is S=c1[nH]nc(C2CC2c2ccccc2)n1Cc1ccco1. The van der Waals surface area contributed by atoms with Crippen molar-refractivity contribution in [2.24, 2.45) is 0 Å². The standard InChI is InChI=1S/C16H15N3OS/c21-16-18-17-15(19(16)10-12-7-4-8-20-12)14-9-13(14)11-5-2-1-3-6-11/h1-8,13-14H,9-10H2,(H,18,21). The highest BCUT2D eigenvalue weighted by Gasteiger charge is 2.42. The third-order valence-corrected chi connectivity index (χ3v) is 4.34. The van der Waals surface area contributed by atoms with Crippen molar-refractivity contribution in [3.8, 4) is 0 Å². The Hall–Kier alpha value is -2.14. The largest absolute Gasteiger partial charge is 0.467 e. The number of hydrogen-bond acceptors (Lipinski definition) is 3. The Bertz CT molecular complexity index is 789. The number of nitrogens with zero attached hydrogens (tertiary/aromatic N) is 2. The molecule has 1 aromatic carbocycles. The van der Waals surface area contributed by atoms with E-state index in [0.717, 1.165) is 18.0 Å². The predicted molar refractivity (Wildman–Crippen MR) is 81.8 cm³/mol. The zero-order valence-corrected chi connectivity index (χ0v) is 12.2. The van der Waals surface area contributed by atoms with Gasteiger partial charge in [-0.15, -0.1) is 0 Å². The van der Waals surface area contributed by atoms with E-state index in [-0.39, 0.29) is 0 Å². The maximum absolute atomic E-state index is 5.42. The van der Waals surface area contributed by atoms with Crippen molar-refractivity contribution in [1.82, 2.24) is 14.8 Å². The molecule has 3 aromatic rings. The van der Waals surface area contributed by atoms with Gasteiger partial charge in [0.25, 0.3) is 0 Å². The lowest BCUT2D eigenvalue weighted by atomic mass is 10.1. The second kappa shape index (κ2) is 5.00. The number of H-pyrrole nitrogens is 1. The molecule has 1 aliphatic rings. The average molecular weight is 297 g/mol. The van der Waals surface area contributed by atoms with Crippen molar-refractivity contribution >= 4 is 12.2 Å². The molecule has 2 unspecified atom stereocenters. The van der Waals surface area contributed by atoms with Gasteiger partial charge in [-0.2, -0.15) is 5.10 Å². The van der Waals surface area contributed by atoms with Gasteiger partial charge in [-0.1, -0.05) is 30.3 Å². The van der Waals surface area contributed by atoms with Crippen molar-refractivity contribution < 1.29 is 4.42 Å². The Morgan fingerprint density at radius 3 is 2.81 bits per heavy atom. The van der Waals surface area contributed by atoms with E-state index in [1.54, 1.807) is 6.26 Å². The number of nitrogens with one attached hydrogen (secondary N) is 1. The minimum absolute atomic E-state index is 0.440. The molecule has 2 aromatic heterocycles. The molecule has 5 heteroatoms. The van der Waals surface area contributed by atoms with Crippen molar-refractivity contribution in [2.45, 2.75) is 24.8 Å². The van der Waals surface area contributed by atoms with E-state index >= 15 is 0 Å². The third kappa shape index (κ3) is 2.34. The van der Waals surface area contributed by atoms with Crippen LogP contribution in [0.25, 0.3) is 0 Å². The first-order chi connectivity index (χ1) is 10.3. The molecule has 1 N–H and O–H groups in total. The van der Waals surface area contributed by atoms with Gasteiger partial charge in [0.05, 0.1) is 12.8 Å². The van der Waals surface area contributed by atoms with Gasteiger partial charge < -0.3 is 4.42 Å². The molecule has 4 nitrogen and oxygen atoms in total. The van der Waals surface area contributed by atoms with Gasteiger partial charge in [-0.3, -0.25) is 9.67 Å². The fourth-order valence-corrected chi connectivity index (χ4v) is 3.08. The summed E-state index contributed by atoms with van der Waals surface area (Å²) in [6.07, 6.45) is 2.81. The molecule has 2 heterocycles. The molecule has 1 saturated carbocycles. The maximum Gasteiger partial charge on any atom is 0.195 e. The highest BCUT2D eigenvalue weighted by atomic mass is 32.1. The molecule has 0 bridgehead atoms. The Morgan fingerprint density at radius 1 is 1.19 bits per heavy atom. The van der Waals surface area contributed by atoms with E-state index in [9.17, 15) is 0 Å². The van der Waals surface area contributed by atoms with Gasteiger partial charge in [0.1, 0.15) is 11.6 Å².